The first-order valence-electron chi connectivity index (χ1n) is 11.1. The van der Waals surface area contributed by atoms with Crippen molar-refractivity contribution in [3.8, 4) is 5.69 Å². The van der Waals surface area contributed by atoms with Gasteiger partial charge in [-0.05, 0) is 63.9 Å². The third-order valence-corrected chi connectivity index (χ3v) is 6.48. The molecule has 2 aliphatic heterocycles. The predicted molar refractivity (Wildman–Crippen MR) is 114 cm³/mol. The van der Waals surface area contributed by atoms with Crippen molar-refractivity contribution in [2.45, 2.75) is 51.4 Å². The van der Waals surface area contributed by atoms with Crippen LogP contribution in [0.3, 0.4) is 0 Å². The second-order valence-corrected chi connectivity index (χ2v) is 8.57. The molecule has 0 unspecified atom stereocenters. The lowest BCUT2D eigenvalue weighted by Crippen LogP contribution is -2.46. The topological polar surface area (TPSA) is 50.6 Å². The van der Waals surface area contributed by atoms with Gasteiger partial charge in [-0.15, -0.1) is 0 Å². The van der Waals surface area contributed by atoms with E-state index in [4.69, 9.17) is 4.74 Å². The molecule has 174 valence electrons. The Morgan fingerprint density at radius 1 is 1.16 bits per heavy atom. The summed E-state index contributed by atoms with van der Waals surface area (Å²) < 4.78 is 46.3. The minimum absolute atomic E-state index is 0.0718. The van der Waals surface area contributed by atoms with Crippen LogP contribution >= 0.6 is 0 Å². The van der Waals surface area contributed by atoms with Crippen LogP contribution in [-0.4, -0.2) is 64.8 Å². The van der Waals surface area contributed by atoms with Crippen LogP contribution in [0.2, 0.25) is 0 Å². The molecule has 1 aromatic heterocycles. The van der Waals surface area contributed by atoms with Crippen molar-refractivity contribution in [3.05, 3.63) is 46.8 Å². The molecule has 0 aliphatic carbocycles. The number of aromatic nitrogens is 2. The fourth-order valence-electron chi connectivity index (χ4n) is 4.85. The fourth-order valence-corrected chi connectivity index (χ4v) is 4.85. The lowest BCUT2D eigenvalue weighted by atomic mass is 10.0. The molecule has 0 radical (unpaired) electrons. The van der Waals surface area contributed by atoms with E-state index in [0.29, 0.717) is 36.1 Å². The normalized spacial score (nSPS) is 18.5. The van der Waals surface area contributed by atoms with Gasteiger partial charge in [0.2, 0.25) is 0 Å². The van der Waals surface area contributed by atoms with Gasteiger partial charge in [-0.3, -0.25) is 4.79 Å². The zero-order valence-electron chi connectivity index (χ0n) is 18.5. The van der Waals surface area contributed by atoms with Gasteiger partial charge in [0.05, 0.1) is 34.8 Å². The Bertz CT molecular complexity index is 959. The Hall–Kier alpha value is -2.39. The van der Waals surface area contributed by atoms with Crippen LogP contribution in [-0.2, 0) is 17.5 Å². The van der Waals surface area contributed by atoms with Gasteiger partial charge in [-0.25, -0.2) is 4.68 Å². The zero-order chi connectivity index (χ0) is 22.9. The summed E-state index contributed by atoms with van der Waals surface area (Å²) in [5.41, 5.74) is 0.867. The summed E-state index contributed by atoms with van der Waals surface area (Å²) in [6, 6.07) is 5.48. The Morgan fingerprint density at radius 2 is 1.84 bits per heavy atom. The lowest BCUT2D eigenvalue weighted by molar-refractivity contribution is -0.137. The largest absolute Gasteiger partial charge is 0.416 e. The van der Waals surface area contributed by atoms with E-state index in [-0.39, 0.29) is 18.2 Å². The Balaban J connectivity index is 1.59. The number of ether oxygens (including phenoxy) is 1. The average Bonchev–Trinajstić information content (AvgIpc) is 3.42. The van der Waals surface area contributed by atoms with Crippen molar-refractivity contribution in [2.75, 3.05) is 33.3 Å². The summed E-state index contributed by atoms with van der Waals surface area (Å²) in [4.78, 5) is 17.8. The lowest BCUT2D eigenvalue weighted by Gasteiger charge is -2.36. The Labute approximate surface area is 185 Å². The van der Waals surface area contributed by atoms with Gasteiger partial charge in [0, 0.05) is 26.2 Å². The highest BCUT2D eigenvalue weighted by Gasteiger charge is 2.33. The van der Waals surface area contributed by atoms with Gasteiger partial charge in [0.15, 0.2) is 0 Å². The molecule has 32 heavy (non-hydrogen) atoms. The van der Waals surface area contributed by atoms with Crippen molar-refractivity contribution < 1.29 is 22.7 Å². The molecule has 3 heterocycles. The van der Waals surface area contributed by atoms with Gasteiger partial charge in [0.25, 0.3) is 5.91 Å². The Morgan fingerprint density at radius 3 is 2.47 bits per heavy atom. The van der Waals surface area contributed by atoms with Gasteiger partial charge in [-0.2, -0.15) is 18.3 Å². The number of halogens is 3. The molecule has 6 nitrogen and oxygen atoms in total. The standard InChI is InChI=1S/C23H29F3N4O2/c1-16-21(22(31)29-12-8-18(9-13-29)28-10-3-4-11-28)20(15-32-2)30(27-16)19-7-5-6-17(14-19)23(24,25)26/h5-7,14,18H,3-4,8-13,15H2,1-2H3. The van der Waals surface area contributed by atoms with E-state index in [9.17, 15) is 18.0 Å². The predicted octanol–water partition coefficient (Wildman–Crippen LogP) is 4.05. The highest BCUT2D eigenvalue weighted by Crippen LogP contribution is 2.31. The highest BCUT2D eigenvalue weighted by molar-refractivity contribution is 5.96. The molecule has 4 rings (SSSR count). The van der Waals surface area contributed by atoms with Crippen molar-refractivity contribution in [3.63, 3.8) is 0 Å². The van der Waals surface area contributed by atoms with E-state index in [1.54, 1.807) is 13.0 Å². The SMILES string of the molecule is COCc1c(C(=O)N2CCC(N3CCCC3)CC2)c(C)nn1-c1cccc(C(F)(F)F)c1. The molecule has 2 fully saturated rings. The van der Waals surface area contributed by atoms with Crippen molar-refractivity contribution >= 4 is 5.91 Å². The number of piperidine rings is 1. The van der Waals surface area contributed by atoms with Crippen LogP contribution in [0.1, 0.15) is 53.0 Å². The number of likely N-dealkylation sites (tertiary alicyclic amines) is 2. The van der Waals surface area contributed by atoms with Crippen LogP contribution in [0.5, 0.6) is 0 Å². The van der Waals surface area contributed by atoms with Gasteiger partial charge < -0.3 is 14.5 Å². The molecule has 1 amide bonds. The van der Waals surface area contributed by atoms with Crippen LogP contribution in [0.15, 0.2) is 24.3 Å². The molecule has 1 aromatic carbocycles. The van der Waals surface area contributed by atoms with E-state index in [2.05, 4.69) is 10.00 Å². The summed E-state index contributed by atoms with van der Waals surface area (Å²) in [6.45, 7) is 5.40. The molecule has 0 atom stereocenters. The molecule has 0 spiro atoms. The third-order valence-electron chi connectivity index (χ3n) is 6.48. The molecular formula is C23H29F3N4O2. The molecular weight excluding hydrogens is 421 g/mol. The average molecular weight is 451 g/mol. The van der Waals surface area contributed by atoms with Crippen molar-refractivity contribution in [2.24, 2.45) is 0 Å². The number of methoxy groups -OCH3 is 1. The maximum absolute atomic E-state index is 13.4. The maximum atomic E-state index is 13.4. The summed E-state index contributed by atoms with van der Waals surface area (Å²) in [6.07, 6.45) is -0.100. The summed E-state index contributed by atoms with van der Waals surface area (Å²) in [5.74, 6) is -0.132. The summed E-state index contributed by atoms with van der Waals surface area (Å²) in [7, 11) is 1.49. The number of hydrogen-bond donors (Lipinski definition) is 0. The molecule has 0 saturated carbocycles. The van der Waals surface area contributed by atoms with E-state index in [1.165, 1.54) is 30.7 Å². The second kappa shape index (κ2) is 9.23. The molecule has 2 aliphatic rings. The molecule has 0 N–H and O–H groups in total. The second-order valence-electron chi connectivity index (χ2n) is 8.57. The minimum atomic E-state index is -4.46. The van der Waals surface area contributed by atoms with E-state index >= 15 is 0 Å². The number of rotatable bonds is 5. The summed E-state index contributed by atoms with van der Waals surface area (Å²) >= 11 is 0. The summed E-state index contributed by atoms with van der Waals surface area (Å²) in [5, 5.41) is 4.43. The van der Waals surface area contributed by atoms with E-state index in [1.807, 2.05) is 4.90 Å². The minimum Gasteiger partial charge on any atom is -0.378 e. The molecule has 0 bridgehead atoms. The van der Waals surface area contributed by atoms with Gasteiger partial charge in [-0.1, -0.05) is 6.07 Å². The quantitative estimate of drug-likeness (QED) is 0.690. The molecule has 2 saturated heterocycles. The zero-order valence-corrected chi connectivity index (χ0v) is 18.5. The van der Waals surface area contributed by atoms with Crippen LogP contribution in [0.4, 0.5) is 13.2 Å². The van der Waals surface area contributed by atoms with E-state index < -0.39 is 11.7 Å². The number of aryl methyl sites for hydroxylation is 1. The number of alkyl halides is 3. The first-order valence-corrected chi connectivity index (χ1v) is 11.1. The number of carbonyl (C=O) groups excluding carboxylic acids is 1. The van der Waals surface area contributed by atoms with Crippen LogP contribution in [0, 0.1) is 6.92 Å². The number of amides is 1. The van der Waals surface area contributed by atoms with Crippen LogP contribution < -0.4 is 0 Å². The van der Waals surface area contributed by atoms with Crippen molar-refractivity contribution in [1.29, 1.82) is 0 Å². The van der Waals surface area contributed by atoms with E-state index in [0.717, 1.165) is 38.1 Å². The monoisotopic (exact) mass is 450 g/mol. The Kier molecular flexibility index (Phi) is 6.57. The fraction of sp³-hybridized carbons (Fsp3) is 0.565. The van der Waals surface area contributed by atoms with Gasteiger partial charge in [0.1, 0.15) is 0 Å². The third kappa shape index (κ3) is 4.54. The smallest absolute Gasteiger partial charge is 0.378 e. The number of hydrogen-bond acceptors (Lipinski definition) is 4. The maximum Gasteiger partial charge on any atom is 0.416 e. The number of carbonyl (C=O) groups is 1. The molecule has 9 heteroatoms. The van der Waals surface area contributed by atoms with Crippen molar-refractivity contribution in [1.82, 2.24) is 19.6 Å². The van der Waals surface area contributed by atoms with Gasteiger partial charge >= 0.3 is 6.18 Å². The molecule has 2 aromatic rings. The number of benzene rings is 1. The first kappa shape index (κ1) is 22.8. The highest BCUT2D eigenvalue weighted by atomic mass is 19.4. The van der Waals surface area contributed by atoms with Crippen LogP contribution in [0.25, 0.3) is 5.69 Å². The number of nitrogens with zero attached hydrogens (tertiary/aromatic N) is 4. The first-order chi connectivity index (χ1) is 15.3.